The number of sulfonamides is 1. The van der Waals surface area contributed by atoms with Crippen LogP contribution in [0.2, 0.25) is 0 Å². The number of hydrogen-bond acceptors (Lipinski definition) is 3. The first-order chi connectivity index (χ1) is 7.54. The molecule has 0 N–H and O–H groups in total. The largest absolute Gasteiger partial charge is 0.495 e. The summed E-state index contributed by atoms with van der Waals surface area (Å²) >= 11 is 3.33. The number of benzene rings is 1. The molecule has 1 heterocycles. The molecule has 0 spiro atoms. The van der Waals surface area contributed by atoms with Crippen LogP contribution in [-0.2, 0) is 10.0 Å². The Balaban J connectivity index is 2.50. The number of nitrogens with zero attached hydrogens (tertiary/aromatic N) is 1. The number of halogens is 1. The van der Waals surface area contributed by atoms with Gasteiger partial charge in [-0.1, -0.05) is 15.9 Å². The van der Waals surface area contributed by atoms with Crippen molar-refractivity contribution in [2.24, 2.45) is 0 Å². The van der Waals surface area contributed by atoms with E-state index in [9.17, 15) is 8.42 Å². The van der Waals surface area contributed by atoms with Crippen molar-refractivity contribution in [1.29, 1.82) is 0 Å². The molecule has 1 saturated heterocycles. The average molecular weight is 306 g/mol. The molecule has 1 aliphatic rings. The molecule has 88 valence electrons. The first kappa shape index (κ1) is 11.7. The molecule has 0 unspecified atom stereocenters. The lowest BCUT2D eigenvalue weighted by atomic mass is 10.3. The highest BCUT2D eigenvalue weighted by atomic mass is 79.9. The first-order valence-electron chi connectivity index (χ1n) is 4.88. The van der Waals surface area contributed by atoms with Crippen molar-refractivity contribution in [3.8, 4) is 5.75 Å². The molecule has 1 aliphatic heterocycles. The van der Waals surface area contributed by atoms with Gasteiger partial charge in [-0.05, 0) is 24.6 Å². The molecule has 6 heteroatoms. The van der Waals surface area contributed by atoms with E-state index in [0.29, 0.717) is 24.4 Å². The summed E-state index contributed by atoms with van der Waals surface area (Å²) in [6.07, 6.45) is 0.665. The topological polar surface area (TPSA) is 46.6 Å². The van der Waals surface area contributed by atoms with Crippen LogP contribution in [0, 0.1) is 0 Å². The lowest BCUT2D eigenvalue weighted by molar-refractivity contribution is 0.415. The Hall–Kier alpha value is -0.750. The quantitative estimate of drug-likeness (QED) is 0.839. The van der Waals surface area contributed by atoms with Crippen LogP contribution >= 0.6 is 15.9 Å². The van der Waals surface area contributed by atoms with Crippen LogP contribution in [0.4, 0.5) is 5.69 Å². The van der Waals surface area contributed by atoms with E-state index in [0.717, 1.165) is 4.47 Å². The summed E-state index contributed by atoms with van der Waals surface area (Å²) < 4.78 is 31.0. The first-order valence-corrected chi connectivity index (χ1v) is 7.29. The lowest BCUT2D eigenvalue weighted by Gasteiger charge is -2.19. The molecule has 1 aromatic rings. The van der Waals surface area contributed by atoms with Crippen molar-refractivity contribution in [2.75, 3.05) is 23.7 Å². The Labute approximate surface area is 103 Å². The van der Waals surface area contributed by atoms with Gasteiger partial charge in [0.15, 0.2) is 0 Å². The Morgan fingerprint density at radius 1 is 1.44 bits per heavy atom. The van der Waals surface area contributed by atoms with E-state index >= 15 is 0 Å². The highest BCUT2D eigenvalue weighted by Crippen LogP contribution is 2.35. The van der Waals surface area contributed by atoms with E-state index in [2.05, 4.69) is 15.9 Å². The zero-order chi connectivity index (χ0) is 11.8. The van der Waals surface area contributed by atoms with E-state index in [1.807, 2.05) is 6.07 Å². The van der Waals surface area contributed by atoms with Crippen LogP contribution in [0.5, 0.6) is 5.75 Å². The van der Waals surface area contributed by atoms with Crippen LogP contribution in [0.3, 0.4) is 0 Å². The molecule has 0 aromatic heterocycles. The number of methoxy groups -OCH3 is 1. The number of hydrogen-bond donors (Lipinski definition) is 0. The third-order valence-corrected chi connectivity index (χ3v) is 4.86. The van der Waals surface area contributed by atoms with E-state index < -0.39 is 10.0 Å². The van der Waals surface area contributed by atoms with Gasteiger partial charge >= 0.3 is 0 Å². The normalized spacial score (nSPS) is 18.8. The second kappa shape index (κ2) is 4.25. The summed E-state index contributed by atoms with van der Waals surface area (Å²) in [5.74, 6) is 0.788. The molecule has 0 atom stereocenters. The molecule has 0 amide bonds. The van der Waals surface area contributed by atoms with Crippen LogP contribution in [0.25, 0.3) is 0 Å². The molecule has 16 heavy (non-hydrogen) atoms. The minimum absolute atomic E-state index is 0.211. The fraction of sp³-hybridized carbons (Fsp3) is 0.400. The van der Waals surface area contributed by atoms with Crippen LogP contribution < -0.4 is 9.04 Å². The van der Waals surface area contributed by atoms with Crippen molar-refractivity contribution in [1.82, 2.24) is 0 Å². The zero-order valence-corrected chi connectivity index (χ0v) is 11.2. The summed E-state index contributed by atoms with van der Waals surface area (Å²) in [7, 11) is -1.62. The maximum absolute atomic E-state index is 11.8. The average Bonchev–Trinajstić information content (AvgIpc) is 2.58. The van der Waals surface area contributed by atoms with Crippen LogP contribution in [-0.4, -0.2) is 27.8 Å². The summed E-state index contributed by atoms with van der Waals surface area (Å²) in [5.41, 5.74) is 0.606. The lowest BCUT2D eigenvalue weighted by Crippen LogP contribution is -2.25. The Kier molecular flexibility index (Phi) is 3.12. The summed E-state index contributed by atoms with van der Waals surface area (Å²) in [5, 5.41) is 0. The molecule has 1 aromatic carbocycles. The highest BCUT2D eigenvalue weighted by molar-refractivity contribution is 9.10. The van der Waals surface area contributed by atoms with E-state index in [1.54, 1.807) is 12.1 Å². The van der Waals surface area contributed by atoms with E-state index in [4.69, 9.17) is 4.74 Å². The Bertz CT molecular complexity index is 501. The van der Waals surface area contributed by atoms with Crippen LogP contribution in [0.15, 0.2) is 22.7 Å². The van der Waals surface area contributed by atoms with Gasteiger partial charge in [0.2, 0.25) is 10.0 Å². The third kappa shape index (κ3) is 2.04. The number of ether oxygens (including phenoxy) is 1. The summed E-state index contributed by atoms with van der Waals surface area (Å²) in [6, 6.07) is 5.35. The molecular formula is C10H12BrNO3S. The van der Waals surface area contributed by atoms with Gasteiger partial charge in [0, 0.05) is 11.0 Å². The molecule has 2 rings (SSSR count). The van der Waals surface area contributed by atoms with E-state index in [1.165, 1.54) is 11.4 Å². The zero-order valence-electron chi connectivity index (χ0n) is 8.81. The molecule has 4 nitrogen and oxygen atoms in total. The minimum atomic E-state index is -3.16. The predicted octanol–water partition coefficient (Wildman–Crippen LogP) is 2.00. The van der Waals surface area contributed by atoms with Crippen molar-refractivity contribution < 1.29 is 13.2 Å². The maximum atomic E-state index is 11.8. The third-order valence-electron chi connectivity index (χ3n) is 2.51. The predicted molar refractivity (Wildman–Crippen MR) is 66.4 cm³/mol. The SMILES string of the molecule is COc1ccc(Br)cc1N1CCCS1(=O)=O. The molecular weight excluding hydrogens is 294 g/mol. The van der Waals surface area contributed by atoms with Crippen molar-refractivity contribution >= 4 is 31.6 Å². The number of anilines is 1. The molecule has 0 aliphatic carbocycles. The van der Waals surface area contributed by atoms with Gasteiger partial charge in [-0.2, -0.15) is 0 Å². The van der Waals surface area contributed by atoms with Gasteiger partial charge in [-0.15, -0.1) is 0 Å². The maximum Gasteiger partial charge on any atom is 0.235 e. The monoisotopic (exact) mass is 305 g/mol. The van der Waals surface area contributed by atoms with Gasteiger partial charge < -0.3 is 4.74 Å². The molecule has 0 saturated carbocycles. The molecule has 0 bridgehead atoms. The van der Waals surface area contributed by atoms with Crippen LogP contribution in [0.1, 0.15) is 6.42 Å². The van der Waals surface area contributed by atoms with Crippen molar-refractivity contribution in [2.45, 2.75) is 6.42 Å². The fourth-order valence-electron chi connectivity index (χ4n) is 1.77. The second-order valence-electron chi connectivity index (χ2n) is 3.56. The smallest absolute Gasteiger partial charge is 0.235 e. The minimum Gasteiger partial charge on any atom is -0.495 e. The van der Waals surface area contributed by atoms with E-state index in [-0.39, 0.29) is 5.75 Å². The van der Waals surface area contributed by atoms with Gasteiger partial charge in [-0.3, -0.25) is 4.31 Å². The molecule has 0 radical (unpaired) electrons. The molecule has 1 fully saturated rings. The second-order valence-corrected chi connectivity index (χ2v) is 6.49. The Morgan fingerprint density at radius 2 is 2.19 bits per heavy atom. The standard InChI is InChI=1S/C10H12BrNO3S/c1-15-10-4-3-8(11)7-9(10)12-5-2-6-16(12,13)14/h3-4,7H,2,5-6H2,1H3. The highest BCUT2D eigenvalue weighted by Gasteiger charge is 2.30. The van der Waals surface area contributed by atoms with Crippen molar-refractivity contribution in [3.63, 3.8) is 0 Å². The van der Waals surface area contributed by atoms with Gasteiger partial charge in [0.1, 0.15) is 5.75 Å². The van der Waals surface area contributed by atoms with Gasteiger partial charge in [0.05, 0.1) is 18.6 Å². The fourth-order valence-corrected chi connectivity index (χ4v) is 3.68. The van der Waals surface area contributed by atoms with Gasteiger partial charge in [-0.25, -0.2) is 8.42 Å². The summed E-state index contributed by atoms with van der Waals surface area (Å²) in [6.45, 7) is 0.523. The summed E-state index contributed by atoms with van der Waals surface area (Å²) in [4.78, 5) is 0. The van der Waals surface area contributed by atoms with Crippen molar-refractivity contribution in [3.05, 3.63) is 22.7 Å². The number of rotatable bonds is 2. The Morgan fingerprint density at radius 3 is 2.75 bits per heavy atom. The van der Waals surface area contributed by atoms with Gasteiger partial charge in [0.25, 0.3) is 0 Å².